The second-order valence-corrected chi connectivity index (χ2v) is 6.41. The molecule has 4 heteroatoms. The lowest BCUT2D eigenvalue weighted by Crippen LogP contribution is -2.00. The Morgan fingerprint density at radius 2 is 0.864 bits per heavy atom. The Morgan fingerprint density at radius 3 is 1.14 bits per heavy atom. The molecule has 22 heavy (non-hydrogen) atoms. The second kappa shape index (κ2) is 7.43. The summed E-state index contributed by atoms with van der Waals surface area (Å²) in [5, 5.41) is 8.63. The van der Waals surface area contributed by atoms with Gasteiger partial charge in [0.1, 0.15) is 5.75 Å². The number of benzene rings is 3. The fourth-order valence-electron chi connectivity index (χ4n) is 1.76. The zero-order valence-electron chi connectivity index (χ0n) is 11.8. The summed E-state index contributed by atoms with van der Waals surface area (Å²) >= 11 is 0. The highest BCUT2D eigenvalue weighted by Gasteiger charge is 2.15. The molecule has 0 fully saturated rings. The normalized spacial score (nSPS) is 10.4. The molecule has 0 amide bonds. The lowest BCUT2D eigenvalue weighted by Gasteiger charge is -2.03. The van der Waals surface area contributed by atoms with E-state index in [2.05, 4.69) is 0 Å². The zero-order valence-corrected chi connectivity index (χ0v) is 12.6. The van der Waals surface area contributed by atoms with Gasteiger partial charge in [-0.05, 0) is 36.4 Å². The number of aromatic hydroxyl groups is 1. The van der Waals surface area contributed by atoms with Gasteiger partial charge >= 0.3 is 0 Å². The number of hydrogen-bond donors (Lipinski definition) is 1. The molecule has 0 radical (unpaired) electrons. The molecule has 112 valence electrons. The number of sulfone groups is 1. The number of phenols is 1. The van der Waals surface area contributed by atoms with Crippen LogP contribution >= 0.6 is 0 Å². The van der Waals surface area contributed by atoms with Crippen molar-refractivity contribution < 1.29 is 13.5 Å². The van der Waals surface area contributed by atoms with E-state index in [9.17, 15) is 8.42 Å². The van der Waals surface area contributed by atoms with Gasteiger partial charge in [-0.1, -0.05) is 54.6 Å². The van der Waals surface area contributed by atoms with Crippen molar-refractivity contribution in [1.82, 2.24) is 0 Å². The Hall–Kier alpha value is -2.59. The average molecular weight is 312 g/mol. The molecule has 0 bridgehead atoms. The van der Waals surface area contributed by atoms with Gasteiger partial charge in [-0.2, -0.15) is 0 Å². The maximum Gasteiger partial charge on any atom is 0.206 e. The number of para-hydroxylation sites is 1. The Balaban J connectivity index is 0.000000211. The minimum atomic E-state index is -3.34. The highest BCUT2D eigenvalue weighted by molar-refractivity contribution is 7.91. The second-order valence-electron chi connectivity index (χ2n) is 4.47. The van der Waals surface area contributed by atoms with Crippen molar-refractivity contribution in [3.63, 3.8) is 0 Å². The molecule has 3 aromatic rings. The quantitative estimate of drug-likeness (QED) is 0.780. The van der Waals surface area contributed by atoms with Crippen LogP contribution in [0.2, 0.25) is 0 Å². The minimum absolute atomic E-state index is 0.322. The first kappa shape index (κ1) is 15.8. The Kier molecular flexibility index (Phi) is 5.33. The van der Waals surface area contributed by atoms with E-state index in [-0.39, 0.29) is 0 Å². The Labute approximate surface area is 130 Å². The van der Waals surface area contributed by atoms with E-state index >= 15 is 0 Å². The lowest BCUT2D eigenvalue weighted by molar-refractivity contribution is 0.475. The van der Waals surface area contributed by atoms with Crippen LogP contribution < -0.4 is 0 Å². The van der Waals surface area contributed by atoms with Gasteiger partial charge in [0.25, 0.3) is 0 Å². The summed E-state index contributed by atoms with van der Waals surface area (Å²) in [7, 11) is -3.34. The smallest absolute Gasteiger partial charge is 0.206 e. The highest BCUT2D eigenvalue weighted by atomic mass is 32.2. The molecular formula is C18H16O3S. The molecule has 0 saturated heterocycles. The van der Waals surface area contributed by atoms with Gasteiger partial charge in [-0.25, -0.2) is 8.42 Å². The summed E-state index contributed by atoms with van der Waals surface area (Å²) < 4.78 is 24.1. The summed E-state index contributed by atoms with van der Waals surface area (Å²) in [4.78, 5) is 0.660. The third-order valence-electron chi connectivity index (χ3n) is 2.86. The average Bonchev–Trinajstić information content (AvgIpc) is 2.58. The van der Waals surface area contributed by atoms with Crippen LogP contribution in [-0.4, -0.2) is 13.5 Å². The van der Waals surface area contributed by atoms with E-state index in [4.69, 9.17) is 5.11 Å². The summed E-state index contributed by atoms with van der Waals surface area (Å²) in [5.74, 6) is 0.322. The van der Waals surface area contributed by atoms with Crippen molar-refractivity contribution in [2.45, 2.75) is 9.79 Å². The number of phenolic OH excluding ortho intramolecular Hbond substituents is 1. The van der Waals surface area contributed by atoms with Crippen molar-refractivity contribution in [3.05, 3.63) is 91.0 Å². The molecule has 0 spiro atoms. The fourth-order valence-corrected chi connectivity index (χ4v) is 3.07. The summed E-state index contributed by atoms with van der Waals surface area (Å²) in [6.07, 6.45) is 0. The predicted molar refractivity (Wildman–Crippen MR) is 86.4 cm³/mol. The van der Waals surface area contributed by atoms with E-state index in [1.54, 1.807) is 84.9 Å². The molecule has 3 aromatic carbocycles. The lowest BCUT2D eigenvalue weighted by atomic mass is 10.3. The van der Waals surface area contributed by atoms with E-state index in [1.807, 2.05) is 6.07 Å². The molecule has 0 aromatic heterocycles. The van der Waals surface area contributed by atoms with E-state index in [0.29, 0.717) is 15.5 Å². The molecule has 0 unspecified atom stereocenters. The molecule has 1 N–H and O–H groups in total. The van der Waals surface area contributed by atoms with E-state index in [1.165, 1.54) is 0 Å². The maximum atomic E-state index is 12.0. The van der Waals surface area contributed by atoms with Crippen LogP contribution in [0.25, 0.3) is 0 Å². The zero-order chi connectivity index (χ0) is 15.8. The SMILES string of the molecule is O=S(=O)(c1ccccc1)c1ccccc1.Oc1ccccc1. The van der Waals surface area contributed by atoms with E-state index < -0.39 is 9.84 Å². The van der Waals surface area contributed by atoms with Crippen molar-refractivity contribution >= 4 is 9.84 Å². The first-order chi connectivity index (χ1) is 10.6. The summed E-state index contributed by atoms with van der Waals surface area (Å²) in [6.45, 7) is 0. The third kappa shape index (κ3) is 4.20. The first-order valence-corrected chi connectivity index (χ1v) is 8.18. The van der Waals surface area contributed by atoms with E-state index in [0.717, 1.165) is 0 Å². The van der Waals surface area contributed by atoms with Crippen molar-refractivity contribution in [2.24, 2.45) is 0 Å². The third-order valence-corrected chi connectivity index (χ3v) is 4.65. The Morgan fingerprint density at radius 1 is 0.545 bits per heavy atom. The highest BCUT2D eigenvalue weighted by Crippen LogP contribution is 2.19. The Bertz CT molecular complexity index is 738. The van der Waals surface area contributed by atoms with Gasteiger partial charge in [-0.3, -0.25) is 0 Å². The topological polar surface area (TPSA) is 54.4 Å². The predicted octanol–water partition coefficient (Wildman–Crippen LogP) is 3.91. The number of rotatable bonds is 2. The molecule has 3 nitrogen and oxygen atoms in total. The van der Waals surface area contributed by atoms with Crippen molar-refractivity contribution in [1.29, 1.82) is 0 Å². The maximum absolute atomic E-state index is 12.0. The number of hydrogen-bond acceptors (Lipinski definition) is 3. The van der Waals surface area contributed by atoms with Gasteiger partial charge in [0.05, 0.1) is 9.79 Å². The van der Waals surface area contributed by atoms with Crippen LogP contribution in [0.5, 0.6) is 5.75 Å². The molecule has 0 aliphatic carbocycles. The minimum Gasteiger partial charge on any atom is -0.508 e. The van der Waals surface area contributed by atoms with Gasteiger partial charge in [0, 0.05) is 0 Å². The standard InChI is InChI=1S/C12H10O2S.C6H6O/c13-15(14,11-7-3-1-4-8-11)12-9-5-2-6-10-12;7-6-4-2-1-3-5-6/h1-10H;1-5,7H. The first-order valence-electron chi connectivity index (χ1n) is 6.70. The van der Waals surface area contributed by atoms with Gasteiger partial charge in [-0.15, -0.1) is 0 Å². The van der Waals surface area contributed by atoms with Crippen LogP contribution in [0.3, 0.4) is 0 Å². The molecule has 0 aliphatic heterocycles. The van der Waals surface area contributed by atoms with Gasteiger partial charge in [0.2, 0.25) is 9.84 Å². The molecule has 3 rings (SSSR count). The van der Waals surface area contributed by atoms with Crippen molar-refractivity contribution in [3.8, 4) is 5.75 Å². The van der Waals surface area contributed by atoms with Crippen LogP contribution in [0.15, 0.2) is 101 Å². The van der Waals surface area contributed by atoms with Crippen LogP contribution in [0.1, 0.15) is 0 Å². The van der Waals surface area contributed by atoms with Crippen LogP contribution in [-0.2, 0) is 9.84 Å². The monoisotopic (exact) mass is 312 g/mol. The summed E-state index contributed by atoms with van der Waals surface area (Å²) in [6, 6.07) is 25.6. The molecule has 0 heterocycles. The van der Waals surface area contributed by atoms with Gasteiger partial charge in [0.15, 0.2) is 0 Å². The molecule has 0 saturated carbocycles. The fraction of sp³-hybridized carbons (Fsp3) is 0. The molecule has 0 aliphatic rings. The van der Waals surface area contributed by atoms with Crippen LogP contribution in [0, 0.1) is 0 Å². The summed E-state index contributed by atoms with van der Waals surface area (Å²) in [5.41, 5.74) is 0. The van der Waals surface area contributed by atoms with Crippen molar-refractivity contribution in [2.75, 3.05) is 0 Å². The van der Waals surface area contributed by atoms with Crippen LogP contribution in [0.4, 0.5) is 0 Å². The molecule has 0 atom stereocenters. The largest absolute Gasteiger partial charge is 0.508 e. The molecular weight excluding hydrogens is 296 g/mol. The van der Waals surface area contributed by atoms with Gasteiger partial charge < -0.3 is 5.11 Å².